The smallest absolute Gasteiger partial charge is 0.335 e. The summed E-state index contributed by atoms with van der Waals surface area (Å²) in [6.45, 7) is 11.8. The van der Waals surface area contributed by atoms with Crippen molar-refractivity contribution < 1.29 is 18.3 Å². The molecule has 1 aromatic carbocycles. The lowest BCUT2D eigenvalue weighted by Gasteiger charge is -2.22. The van der Waals surface area contributed by atoms with Gasteiger partial charge < -0.3 is 13.8 Å². The average molecular weight is 483 g/mol. The van der Waals surface area contributed by atoms with Crippen molar-refractivity contribution in [3.05, 3.63) is 28.8 Å². The molecule has 0 atom stereocenters. The first-order chi connectivity index (χ1) is 15.9. The lowest BCUT2D eigenvalue weighted by molar-refractivity contribution is 0.196. The molecule has 0 aliphatic heterocycles. The molecule has 0 saturated carbocycles. The monoisotopic (exact) mass is 482 g/mol. The summed E-state index contributed by atoms with van der Waals surface area (Å²) < 4.78 is 31.5. The number of unbranched alkanes of at least 4 members (excludes halogenated alkanes) is 10. The molecule has 1 rings (SSSR count). The van der Waals surface area contributed by atoms with E-state index >= 15 is 0 Å². The van der Waals surface area contributed by atoms with Crippen LogP contribution in [0.3, 0.4) is 0 Å². The van der Waals surface area contributed by atoms with Gasteiger partial charge in [0.1, 0.15) is 5.75 Å². The van der Waals surface area contributed by atoms with E-state index in [0.29, 0.717) is 19.1 Å². The van der Waals surface area contributed by atoms with E-state index in [1.807, 2.05) is 6.92 Å². The number of aryl methyl sites for hydroxylation is 1. The van der Waals surface area contributed by atoms with Crippen molar-refractivity contribution in [2.45, 2.75) is 124 Å². The second kappa shape index (κ2) is 17.6. The van der Waals surface area contributed by atoms with E-state index in [1.54, 1.807) is 7.11 Å². The van der Waals surface area contributed by atoms with Crippen LogP contribution in [0, 0.1) is 6.92 Å². The molecular formula is C28H51O4P. The van der Waals surface area contributed by atoms with Gasteiger partial charge in [0.25, 0.3) is 0 Å². The maximum atomic E-state index is 13.8. The highest BCUT2D eigenvalue weighted by molar-refractivity contribution is 7.53. The van der Waals surface area contributed by atoms with Crippen LogP contribution in [0.5, 0.6) is 5.75 Å². The van der Waals surface area contributed by atoms with E-state index in [9.17, 15) is 4.57 Å². The molecule has 0 aromatic heterocycles. The zero-order chi connectivity index (χ0) is 24.5. The third kappa shape index (κ3) is 12.4. The average Bonchev–Trinajstić information content (AvgIpc) is 2.77. The highest BCUT2D eigenvalue weighted by atomic mass is 31.2. The van der Waals surface area contributed by atoms with Crippen LogP contribution in [0.4, 0.5) is 0 Å². The van der Waals surface area contributed by atoms with Gasteiger partial charge in [0.15, 0.2) is 0 Å². The molecule has 0 spiro atoms. The van der Waals surface area contributed by atoms with Gasteiger partial charge in [-0.1, -0.05) is 104 Å². The Morgan fingerprint density at radius 2 is 1.27 bits per heavy atom. The van der Waals surface area contributed by atoms with Crippen LogP contribution in [0.1, 0.15) is 127 Å². The third-order valence-corrected chi connectivity index (χ3v) is 8.06. The maximum absolute atomic E-state index is 13.8. The molecule has 1 aromatic rings. The van der Waals surface area contributed by atoms with Crippen LogP contribution < -0.4 is 4.74 Å². The molecule has 0 saturated heterocycles. The number of rotatable bonds is 20. The Morgan fingerprint density at radius 1 is 0.788 bits per heavy atom. The molecule has 0 aliphatic carbocycles. The van der Waals surface area contributed by atoms with Crippen LogP contribution >= 0.6 is 7.60 Å². The number of hydrogen-bond acceptors (Lipinski definition) is 4. The Bertz CT molecular complexity index is 665. The first-order valence-electron chi connectivity index (χ1n) is 13.4. The Labute approximate surface area is 204 Å². The molecule has 0 N–H and O–H groups in total. The molecule has 0 bridgehead atoms. The van der Waals surface area contributed by atoms with Gasteiger partial charge in [0.2, 0.25) is 0 Å². The van der Waals surface area contributed by atoms with Crippen molar-refractivity contribution in [1.82, 2.24) is 0 Å². The second-order valence-electron chi connectivity index (χ2n) is 9.66. The predicted molar refractivity (Wildman–Crippen MR) is 142 cm³/mol. The van der Waals surface area contributed by atoms with Gasteiger partial charge in [-0.25, -0.2) is 0 Å². The van der Waals surface area contributed by atoms with Gasteiger partial charge in [-0.05, 0) is 36.8 Å². The van der Waals surface area contributed by atoms with E-state index in [2.05, 4.69) is 39.8 Å². The van der Waals surface area contributed by atoms with Crippen molar-refractivity contribution in [3.63, 3.8) is 0 Å². The lowest BCUT2D eigenvalue weighted by atomic mass is 9.98. The van der Waals surface area contributed by atoms with E-state index in [-0.39, 0.29) is 6.16 Å². The molecule has 4 nitrogen and oxygen atoms in total. The summed E-state index contributed by atoms with van der Waals surface area (Å²) in [5.41, 5.74) is 3.22. The number of hydrogen-bond donors (Lipinski definition) is 0. The summed E-state index contributed by atoms with van der Waals surface area (Å²) in [6, 6.07) is 4.28. The summed E-state index contributed by atoms with van der Waals surface area (Å²) in [5, 5.41) is 0. The molecule has 0 fully saturated rings. The molecule has 192 valence electrons. The fourth-order valence-corrected chi connectivity index (χ4v) is 5.85. The summed E-state index contributed by atoms with van der Waals surface area (Å²) in [6.07, 6.45) is 14.4. The highest BCUT2D eigenvalue weighted by Crippen LogP contribution is 2.53. The molecule has 0 unspecified atom stereocenters. The van der Waals surface area contributed by atoms with Crippen LogP contribution in [0.15, 0.2) is 12.1 Å². The van der Waals surface area contributed by atoms with E-state index < -0.39 is 7.60 Å². The lowest BCUT2D eigenvalue weighted by Crippen LogP contribution is -2.05. The first kappa shape index (κ1) is 30.2. The van der Waals surface area contributed by atoms with Gasteiger partial charge >= 0.3 is 7.60 Å². The fraction of sp³-hybridized carbons (Fsp3) is 0.786. The number of methoxy groups -OCH3 is 1. The van der Waals surface area contributed by atoms with Crippen molar-refractivity contribution in [3.8, 4) is 5.75 Å². The molecular weight excluding hydrogens is 431 g/mol. The summed E-state index contributed by atoms with van der Waals surface area (Å²) in [7, 11) is -1.57. The topological polar surface area (TPSA) is 44.8 Å². The van der Waals surface area contributed by atoms with Gasteiger partial charge in [-0.15, -0.1) is 0 Å². The van der Waals surface area contributed by atoms with Crippen LogP contribution in [0.25, 0.3) is 0 Å². The summed E-state index contributed by atoms with van der Waals surface area (Å²) in [5.74, 6) is 1.19. The Morgan fingerprint density at radius 3 is 1.73 bits per heavy atom. The minimum atomic E-state index is -3.25. The normalized spacial score (nSPS) is 12.0. The number of benzene rings is 1. The Kier molecular flexibility index (Phi) is 16.1. The Balaban J connectivity index is 2.81. The SMILES string of the molecule is CCCCCCCCOP(=O)(Cc1cc(C(C)C)cc(C)c1OC)OCCCCCCCC. The largest absolute Gasteiger partial charge is 0.496 e. The van der Waals surface area contributed by atoms with Crippen molar-refractivity contribution >= 4 is 7.60 Å². The van der Waals surface area contributed by atoms with Gasteiger partial charge in [-0.3, -0.25) is 4.57 Å². The van der Waals surface area contributed by atoms with Crippen molar-refractivity contribution in [2.75, 3.05) is 20.3 Å². The number of ether oxygens (including phenoxy) is 1. The van der Waals surface area contributed by atoms with Crippen LogP contribution in [-0.2, 0) is 19.8 Å². The molecule has 33 heavy (non-hydrogen) atoms. The standard InChI is InChI=1S/C28H51O4P/c1-7-9-11-13-15-17-19-31-33(29,32-20-18-16-14-12-10-8-2)23-27-22-26(24(3)4)21-25(5)28(27)30-6/h21-22,24H,7-20,23H2,1-6H3. The first-order valence-corrected chi connectivity index (χ1v) is 15.1. The molecule has 0 amide bonds. The van der Waals surface area contributed by atoms with Crippen LogP contribution in [-0.4, -0.2) is 20.3 Å². The highest BCUT2D eigenvalue weighted by Gasteiger charge is 2.28. The van der Waals surface area contributed by atoms with Gasteiger partial charge in [0.05, 0.1) is 26.5 Å². The van der Waals surface area contributed by atoms with E-state index in [1.165, 1.54) is 56.9 Å². The fourth-order valence-electron chi connectivity index (χ4n) is 4.13. The molecule has 0 heterocycles. The summed E-state index contributed by atoms with van der Waals surface area (Å²) >= 11 is 0. The van der Waals surface area contributed by atoms with Gasteiger partial charge in [-0.2, -0.15) is 0 Å². The predicted octanol–water partition coefficient (Wildman–Crippen LogP) is 9.57. The third-order valence-electron chi connectivity index (χ3n) is 6.18. The zero-order valence-corrected chi connectivity index (χ0v) is 23.3. The van der Waals surface area contributed by atoms with Crippen molar-refractivity contribution in [1.29, 1.82) is 0 Å². The van der Waals surface area contributed by atoms with Crippen molar-refractivity contribution in [2.24, 2.45) is 0 Å². The van der Waals surface area contributed by atoms with Gasteiger partial charge in [0, 0.05) is 5.56 Å². The molecule has 0 radical (unpaired) electrons. The van der Waals surface area contributed by atoms with E-state index in [0.717, 1.165) is 42.6 Å². The Hall–Kier alpha value is -0.830. The van der Waals surface area contributed by atoms with E-state index in [4.69, 9.17) is 13.8 Å². The molecule has 5 heteroatoms. The van der Waals surface area contributed by atoms with Crippen LogP contribution in [0.2, 0.25) is 0 Å². The molecule has 0 aliphatic rings. The maximum Gasteiger partial charge on any atom is 0.335 e. The minimum absolute atomic E-state index is 0.267. The second-order valence-corrected chi connectivity index (χ2v) is 11.7. The zero-order valence-electron chi connectivity index (χ0n) is 22.4. The summed E-state index contributed by atoms with van der Waals surface area (Å²) in [4.78, 5) is 0. The quantitative estimate of drug-likeness (QED) is 0.137. The minimum Gasteiger partial charge on any atom is -0.496 e.